The number of unbranched alkanes of at least 4 members (excludes halogenated alkanes) is 1. The minimum atomic E-state index is -1.24. The minimum Gasteiger partial charge on any atom is -0.460 e. The molecule has 0 saturated carbocycles. The van der Waals surface area contributed by atoms with Gasteiger partial charge in [0.2, 0.25) is 11.8 Å². The fourth-order valence-corrected chi connectivity index (χ4v) is 8.13. The van der Waals surface area contributed by atoms with E-state index in [1.807, 2.05) is 74.5 Å². The van der Waals surface area contributed by atoms with Gasteiger partial charge in [0.05, 0.1) is 38.4 Å². The Hall–Kier alpha value is -6.14. The van der Waals surface area contributed by atoms with Crippen LogP contribution in [-0.2, 0) is 70.2 Å². The lowest BCUT2D eigenvalue weighted by molar-refractivity contribution is -0.299. The van der Waals surface area contributed by atoms with Crippen molar-refractivity contribution in [2.75, 3.05) is 39.6 Å². The molecule has 1 aliphatic heterocycles. The predicted octanol–water partition coefficient (Wildman–Crippen LogP) is 8.15. The first-order chi connectivity index (χ1) is 35.2. The molecule has 0 aliphatic carbocycles. The average Bonchev–Trinajstić information content (AvgIpc) is 3.31. The fraction of sp³-hybridized carbons (Fsp3) is 0.552. The van der Waals surface area contributed by atoms with Crippen LogP contribution in [0.3, 0.4) is 0 Å². The molecule has 1 aliphatic rings. The molecule has 3 atom stereocenters. The van der Waals surface area contributed by atoms with Crippen LogP contribution >= 0.6 is 0 Å². The maximum Gasteiger partial charge on any atom is 0.329 e. The maximum absolute atomic E-state index is 14.0. The SMILES string of the molecule is CC(C)(C)OC(=O)CCC(NC(=O)NC(CCCCNC(=O)C(Cc1ccc2ccccc2c1)NC(=O)COCC1(COCc2ccc3ccccc3c2)COC(C)(C)OC1)C(=O)OC(C)(C)C)C(=O)OC(C)(C)C. The molecule has 4 N–H and O–H groups in total. The third-order valence-electron chi connectivity index (χ3n) is 11.8. The zero-order valence-electron chi connectivity index (χ0n) is 45.8. The van der Waals surface area contributed by atoms with Gasteiger partial charge in [0.25, 0.3) is 0 Å². The first-order valence-corrected chi connectivity index (χ1v) is 25.9. The van der Waals surface area contributed by atoms with Crippen molar-refractivity contribution in [2.24, 2.45) is 5.41 Å². The number of nitrogens with one attached hydrogen (secondary N) is 4. The first kappa shape index (κ1) is 59.7. The number of hydrogen-bond donors (Lipinski definition) is 4. The van der Waals surface area contributed by atoms with E-state index in [1.165, 1.54) is 0 Å². The smallest absolute Gasteiger partial charge is 0.329 e. The van der Waals surface area contributed by atoms with Gasteiger partial charge in [0.1, 0.15) is 41.5 Å². The number of fused-ring (bicyclic) bond motifs is 2. The van der Waals surface area contributed by atoms with E-state index in [2.05, 4.69) is 45.5 Å². The molecular formula is C58H80N4O13. The number of ether oxygens (including phenoxy) is 7. The maximum atomic E-state index is 14.0. The van der Waals surface area contributed by atoms with E-state index in [0.717, 1.165) is 32.7 Å². The van der Waals surface area contributed by atoms with Gasteiger partial charge < -0.3 is 54.4 Å². The second kappa shape index (κ2) is 26.6. The second-order valence-electron chi connectivity index (χ2n) is 22.9. The second-order valence-corrected chi connectivity index (χ2v) is 22.9. The normalized spacial score (nSPS) is 15.7. The lowest BCUT2D eigenvalue weighted by Gasteiger charge is -2.43. The van der Waals surface area contributed by atoms with E-state index in [1.54, 1.807) is 62.3 Å². The van der Waals surface area contributed by atoms with Gasteiger partial charge in [-0.2, -0.15) is 0 Å². The summed E-state index contributed by atoms with van der Waals surface area (Å²) in [6, 6.07) is 23.9. The molecule has 1 fully saturated rings. The third kappa shape index (κ3) is 21.2. The Kier molecular flexibility index (Phi) is 21.2. The van der Waals surface area contributed by atoms with Crippen molar-refractivity contribution < 1.29 is 61.9 Å². The lowest BCUT2D eigenvalue weighted by Crippen LogP contribution is -2.53. The highest BCUT2D eigenvalue weighted by molar-refractivity contribution is 5.90. The highest BCUT2D eigenvalue weighted by atomic mass is 16.7. The van der Waals surface area contributed by atoms with E-state index < -0.39 is 81.9 Å². The highest BCUT2D eigenvalue weighted by Gasteiger charge is 2.41. The van der Waals surface area contributed by atoms with Gasteiger partial charge in [-0.05, 0) is 141 Å². The van der Waals surface area contributed by atoms with Crippen molar-refractivity contribution in [2.45, 2.75) is 162 Å². The van der Waals surface area contributed by atoms with E-state index in [9.17, 15) is 28.8 Å². The number of esters is 3. The molecule has 1 saturated heterocycles. The molecule has 4 amide bonds. The molecule has 0 aromatic heterocycles. The Morgan fingerprint density at radius 1 is 0.587 bits per heavy atom. The van der Waals surface area contributed by atoms with Crippen LogP contribution < -0.4 is 21.3 Å². The number of benzene rings is 4. The number of hydrogen-bond acceptors (Lipinski definition) is 13. The zero-order valence-corrected chi connectivity index (χ0v) is 45.8. The Bertz CT molecular complexity index is 2570. The van der Waals surface area contributed by atoms with Crippen LogP contribution in [0.15, 0.2) is 84.9 Å². The van der Waals surface area contributed by atoms with Gasteiger partial charge in [0, 0.05) is 19.4 Å². The quantitative estimate of drug-likeness (QED) is 0.0297. The van der Waals surface area contributed by atoms with Crippen molar-refractivity contribution >= 4 is 57.3 Å². The lowest BCUT2D eigenvalue weighted by atomic mass is 9.91. The Morgan fingerprint density at radius 3 is 1.65 bits per heavy atom. The van der Waals surface area contributed by atoms with Crippen LogP contribution in [0.5, 0.6) is 0 Å². The molecule has 3 unspecified atom stereocenters. The Morgan fingerprint density at radius 2 is 1.09 bits per heavy atom. The molecule has 4 aromatic rings. The Balaban J connectivity index is 1.19. The summed E-state index contributed by atoms with van der Waals surface area (Å²) >= 11 is 0. The van der Waals surface area contributed by atoms with Gasteiger partial charge in [-0.15, -0.1) is 0 Å². The highest BCUT2D eigenvalue weighted by Crippen LogP contribution is 2.31. The largest absolute Gasteiger partial charge is 0.460 e. The number of amides is 4. The molecule has 17 nitrogen and oxygen atoms in total. The van der Waals surface area contributed by atoms with Crippen molar-refractivity contribution in [3.05, 3.63) is 96.1 Å². The standard InChI is InChI=1S/C58H80N4O13/c1-54(2,3)73-49(64)28-27-46(52(67)75-56(7,8)9)62-53(68)61-45(51(66)74-55(4,5)6)22-16-17-29-59-50(65)47(32-39-23-25-41-18-12-14-20-43(41)30-39)60-48(63)34-70-36-58(37-71-57(10,11)72-38-58)35-69-33-40-24-26-42-19-13-15-21-44(42)31-40/h12-15,18-21,23-26,30-31,45-47H,16-17,22,27-29,32-38H2,1-11H3,(H,59,65)(H,60,63)(H2,61,62,68). The minimum absolute atomic E-state index is 0.0922. The summed E-state index contributed by atoms with van der Waals surface area (Å²) < 4.78 is 41.0. The topological polar surface area (TPSA) is 215 Å². The molecule has 410 valence electrons. The van der Waals surface area contributed by atoms with Crippen LogP contribution in [0.2, 0.25) is 0 Å². The van der Waals surface area contributed by atoms with Gasteiger partial charge in [0.15, 0.2) is 5.79 Å². The van der Waals surface area contributed by atoms with Crippen molar-refractivity contribution in [1.29, 1.82) is 0 Å². The molecule has 4 aromatic carbocycles. The number of rotatable bonds is 24. The number of urea groups is 1. The van der Waals surface area contributed by atoms with Gasteiger partial charge in [-0.1, -0.05) is 78.9 Å². The van der Waals surface area contributed by atoms with Crippen molar-refractivity contribution in [1.82, 2.24) is 21.3 Å². The molecule has 5 rings (SSSR count). The molecule has 17 heteroatoms. The molecule has 0 spiro atoms. The fourth-order valence-electron chi connectivity index (χ4n) is 8.13. The van der Waals surface area contributed by atoms with Crippen molar-refractivity contribution in [3.8, 4) is 0 Å². The summed E-state index contributed by atoms with van der Waals surface area (Å²) in [5.41, 5.74) is -1.38. The molecule has 75 heavy (non-hydrogen) atoms. The van der Waals surface area contributed by atoms with Gasteiger partial charge in [-0.3, -0.25) is 14.4 Å². The van der Waals surface area contributed by atoms with Crippen LogP contribution in [-0.4, -0.2) is 116 Å². The molecule has 0 bridgehead atoms. The summed E-state index contributed by atoms with van der Waals surface area (Å²) in [4.78, 5) is 80.3. The zero-order chi connectivity index (χ0) is 55.0. The van der Waals surface area contributed by atoms with Gasteiger partial charge >= 0.3 is 23.9 Å². The van der Waals surface area contributed by atoms with Gasteiger partial charge in [-0.25, -0.2) is 14.4 Å². The van der Waals surface area contributed by atoms with E-state index >= 15 is 0 Å². The molecule has 1 heterocycles. The summed E-state index contributed by atoms with van der Waals surface area (Å²) in [7, 11) is 0. The molecule has 0 radical (unpaired) electrons. The number of carbonyl (C=O) groups is 6. The van der Waals surface area contributed by atoms with E-state index in [0.29, 0.717) is 19.4 Å². The summed E-state index contributed by atoms with van der Waals surface area (Å²) in [6.07, 6.45) is 0.747. The van der Waals surface area contributed by atoms with Crippen molar-refractivity contribution in [3.63, 3.8) is 0 Å². The monoisotopic (exact) mass is 1040 g/mol. The van der Waals surface area contributed by atoms with E-state index in [4.69, 9.17) is 33.2 Å². The summed E-state index contributed by atoms with van der Waals surface area (Å²) in [5.74, 6) is -3.73. The van der Waals surface area contributed by atoms with Crippen LogP contribution in [0.1, 0.15) is 119 Å². The Labute approximate surface area is 442 Å². The third-order valence-corrected chi connectivity index (χ3v) is 11.8. The summed E-state index contributed by atoms with van der Waals surface area (Å²) in [6.45, 7) is 20.1. The van der Waals surface area contributed by atoms with Crippen LogP contribution in [0, 0.1) is 5.41 Å². The van der Waals surface area contributed by atoms with Crippen LogP contribution in [0.25, 0.3) is 21.5 Å². The molecular weight excluding hydrogens is 961 g/mol. The van der Waals surface area contributed by atoms with Crippen LogP contribution in [0.4, 0.5) is 4.79 Å². The van der Waals surface area contributed by atoms with E-state index in [-0.39, 0.29) is 65.3 Å². The predicted molar refractivity (Wildman–Crippen MR) is 285 cm³/mol. The average molecular weight is 1040 g/mol. The number of carbonyl (C=O) groups excluding carboxylic acids is 6. The first-order valence-electron chi connectivity index (χ1n) is 25.9. The summed E-state index contributed by atoms with van der Waals surface area (Å²) in [5, 5.41) is 15.3.